The van der Waals surface area contributed by atoms with E-state index in [0.717, 1.165) is 12.5 Å². The second kappa shape index (κ2) is 6.05. The standard InChI is InChI=1S/C13H31NSi/c1-8-13(4,11-15(5,6)7)10-14-9-12(2)3/h12,14H,8-11H2,1-7H3. The molecule has 0 saturated heterocycles. The van der Waals surface area contributed by atoms with Crippen molar-refractivity contribution in [3.63, 3.8) is 0 Å². The maximum Gasteiger partial charge on any atom is 0.0448 e. The Labute approximate surface area is 98.0 Å². The number of nitrogens with one attached hydrogen (secondary N) is 1. The molecule has 15 heavy (non-hydrogen) atoms. The SMILES string of the molecule is CCC(C)(CNCC(C)C)C[Si](C)(C)C. The molecule has 1 unspecified atom stereocenters. The van der Waals surface area contributed by atoms with Crippen molar-refractivity contribution in [1.82, 2.24) is 5.32 Å². The van der Waals surface area contributed by atoms with E-state index < -0.39 is 8.07 Å². The first-order valence-electron chi connectivity index (χ1n) is 6.39. The highest BCUT2D eigenvalue weighted by Gasteiger charge is 2.28. The summed E-state index contributed by atoms with van der Waals surface area (Å²) in [7, 11) is -0.931. The lowest BCUT2D eigenvalue weighted by atomic mass is 9.90. The van der Waals surface area contributed by atoms with Gasteiger partial charge in [-0.2, -0.15) is 0 Å². The highest BCUT2D eigenvalue weighted by atomic mass is 28.3. The maximum atomic E-state index is 3.62. The van der Waals surface area contributed by atoms with E-state index in [2.05, 4.69) is 52.7 Å². The van der Waals surface area contributed by atoms with E-state index in [-0.39, 0.29) is 0 Å². The molecular formula is C13H31NSi. The molecule has 0 aliphatic rings. The van der Waals surface area contributed by atoms with Gasteiger partial charge >= 0.3 is 0 Å². The fraction of sp³-hybridized carbons (Fsp3) is 1.00. The third-order valence-electron chi connectivity index (χ3n) is 2.92. The monoisotopic (exact) mass is 229 g/mol. The molecule has 0 rings (SSSR count). The Bertz CT molecular complexity index is 172. The van der Waals surface area contributed by atoms with Crippen molar-refractivity contribution in [2.45, 2.75) is 59.8 Å². The van der Waals surface area contributed by atoms with Gasteiger partial charge in [-0.05, 0) is 24.3 Å². The Morgan fingerprint density at radius 2 is 1.73 bits per heavy atom. The molecule has 0 aromatic heterocycles. The van der Waals surface area contributed by atoms with Crippen LogP contribution in [0.2, 0.25) is 25.7 Å². The van der Waals surface area contributed by atoms with Crippen molar-refractivity contribution >= 4 is 8.07 Å². The zero-order valence-corrected chi connectivity index (χ0v) is 12.9. The van der Waals surface area contributed by atoms with E-state index in [1.165, 1.54) is 19.0 Å². The highest BCUT2D eigenvalue weighted by molar-refractivity contribution is 6.76. The van der Waals surface area contributed by atoms with Crippen molar-refractivity contribution in [1.29, 1.82) is 0 Å². The van der Waals surface area contributed by atoms with Crippen LogP contribution in [-0.2, 0) is 0 Å². The van der Waals surface area contributed by atoms with E-state index >= 15 is 0 Å². The van der Waals surface area contributed by atoms with Crippen LogP contribution >= 0.6 is 0 Å². The molecule has 2 heteroatoms. The maximum absolute atomic E-state index is 3.62. The van der Waals surface area contributed by atoms with Gasteiger partial charge in [0.25, 0.3) is 0 Å². The van der Waals surface area contributed by atoms with Crippen molar-refractivity contribution in [3.05, 3.63) is 0 Å². The van der Waals surface area contributed by atoms with Crippen molar-refractivity contribution in [2.24, 2.45) is 11.3 Å². The van der Waals surface area contributed by atoms with E-state index in [4.69, 9.17) is 0 Å². The first-order chi connectivity index (χ1) is 6.68. The van der Waals surface area contributed by atoms with Crippen LogP contribution < -0.4 is 5.32 Å². The predicted molar refractivity (Wildman–Crippen MR) is 74.3 cm³/mol. The van der Waals surface area contributed by atoms with Gasteiger partial charge in [0.2, 0.25) is 0 Å². The number of rotatable bonds is 7. The Kier molecular flexibility index (Phi) is 6.12. The van der Waals surface area contributed by atoms with Crippen LogP contribution in [0.4, 0.5) is 0 Å². The number of hydrogen-bond donors (Lipinski definition) is 1. The molecule has 0 aliphatic heterocycles. The summed E-state index contributed by atoms with van der Waals surface area (Å²) < 4.78 is 0. The van der Waals surface area contributed by atoms with Gasteiger partial charge in [-0.1, -0.05) is 53.4 Å². The van der Waals surface area contributed by atoms with E-state index in [1.54, 1.807) is 0 Å². The molecule has 0 aliphatic carbocycles. The zero-order chi connectivity index (χ0) is 12.1. The molecule has 0 amide bonds. The summed E-state index contributed by atoms with van der Waals surface area (Å²) in [5, 5.41) is 3.62. The highest BCUT2D eigenvalue weighted by Crippen LogP contribution is 2.31. The van der Waals surface area contributed by atoms with Crippen LogP contribution in [0.3, 0.4) is 0 Å². The summed E-state index contributed by atoms with van der Waals surface area (Å²) in [6.07, 6.45) is 1.29. The summed E-state index contributed by atoms with van der Waals surface area (Å²) in [5.41, 5.74) is 0.513. The first-order valence-corrected chi connectivity index (χ1v) is 10.1. The van der Waals surface area contributed by atoms with Crippen LogP contribution in [0, 0.1) is 11.3 Å². The fourth-order valence-corrected chi connectivity index (χ4v) is 5.19. The first kappa shape index (κ1) is 15.2. The van der Waals surface area contributed by atoms with Crippen molar-refractivity contribution < 1.29 is 0 Å². The lowest BCUT2D eigenvalue weighted by Gasteiger charge is -2.34. The molecule has 1 nitrogen and oxygen atoms in total. The smallest absolute Gasteiger partial charge is 0.0448 e. The second-order valence-electron chi connectivity index (χ2n) is 6.93. The van der Waals surface area contributed by atoms with Gasteiger partial charge < -0.3 is 5.32 Å². The fourth-order valence-electron chi connectivity index (χ4n) is 2.26. The number of hydrogen-bond acceptors (Lipinski definition) is 1. The Morgan fingerprint density at radius 3 is 2.07 bits per heavy atom. The molecular weight excluding hydrogens is 198 g/mol. The van der Waals surface area contributed by atoms with E-state index in [1.807, 2.05) is 0 Å². The normalized spacial score (nSPS) is 16.8. The third-order valence-corrected chi connectivity index (χ3v) is 4.83. The lowest BCUT2D eigenvalue weighted by Crippen LogP contribution is -2.38. The van der Waals surface area contributed by atoms with Gasteiger partial charge in [0.15, 0.2) is 0 Å². The Hall–Kier alpha value is 0.177. The zero-order valence-electron chi connectivity index (χ0n) is 11.9. The van der Waals surface area contributed by atoms with Crippen molar-refractivity contribution in [2.75, 3.05) is 13.1 Å². The summed E-state index contributed by atoms with van der Waals surface area (Å²) in [5.74, 6) is 0.762. The summed E-state index contributed by atoms with van der Waals surface area (Å²) in [6.45, 7) is 19.1. The third kappa shape index (κ3) is 8.03. The molecule has 1 atom stereocenters. The van der Waals surface area contributed by atoms with Gasteiger partial charge in [0.1, 0.15) is 0 Å². The molecule has 0 radical (unpaired) electrons. The summed E-state index contributed by atoms with van der Waals surface area (Å²) >= 11 is 0. The Balaban J connectivity index is 4.08. The average molecular weight is 229 g/mol. The summed E-state index contributed by atoms with van der Waals surface area (Å²) in [4.78, 5) is 0. The van der Waals surface area contributed by atoms with E-state index in [0.29, 0.717) is 5.41 Å². The van der Waals surface area contributed by atoms with Crippen LogP contribution in [0.15, 0.2) is 0 Å². The molecule has 0 bridgehead atoms. The largest absolute Gasteiger partial charge is 0.316 e. The quantitative estimate of drug-likeness (QED) is 0.651. The molecule has 0 fully saturated rings. The van der Waals surface area contributed by atoms with Crippen LogP contribution in [0.5, 0.6) is 0 Å². The second-order valence-corrected chi connectivity index (χ2v) is 12.4. The lowest BCUT2D eigenvalue weighted by molar-refractivity contribution is 0.317. The van der Waals surface area contributed by atoms with Gasteiger partial charge in [0.05, 0.1) is 0 Å². The summed E-state index contributed by atoms with van der Waals surface area (Å²) in [6, 6.07) is 1.43. The minimum atomic E-state index is -0.931. The minimum Gasteiger partial charge on any atom is -0.316 e. The van der Waals surface area contributed by atoms with Gasteiger partial charge in [-0.25, -0.2) is 0 Å². The molecule has 0 heterocycles. The van der Waals surface area contributed by atoms with Gasteiger partial charge in [-0.3, -0.25) is 0 Å². The molecule has 0 aromatic carbocycles. The molecule has 92 valence electrons. The Morgan fingerprint density at radius 1 is 1.20 bits per heavy atom. The van der Waals surface area contributed by atoms with Crippen LogP contribution in [0.25, 0.3) is 0 Å². The predicted octanol–water partition coefficient (Wildman–Crippen LogP) is 3.99. The average Bonchev–Trinajstić information content (AvgIpc) is 2.00. The molecule has 0 spiro atoms. The van der Waals surface area contributed by atoms with Gasteiger partial charge in [-0.15, -0.1) is 0 Å². The van der Waals surface area contributed by atoms with Crippen molar-refractivity contribution in [3.8, 4) is 0 Å². The molecule has 0 aromatic rings. The van der Waals surface area contributed by atoms with Crippen LogP contribution in [0.1, 0.15) is 34.1 Å². The molecule has 1 N–H and O–H groups in total. The van der Waals surface area contributed by atoms with Gasteiger partial charge in [0, 0.05) is 14.6 Å². The molecule has 0 saturated carbocycles. The minimum absolute atomic E-state index is 0.513. The van der Waals surface area contributed by atoms with E-state index in [9.17, 15) is 0 Å². The van der Waals surface area contributed by atoms with Crippen LogP contribution in [-0.4, -0.2) is 21.2 Å². The topological polar surface area (TPSA) is 12.0 Å².